The van der Waals surface area contributed by atoms with Crippen LogP contribution in [0.1, 0.15) is 36.0 Å². The summed E-state index contributed by atoms with van der Waals surface area (Å²) in [5, 5.41) is 1.23. The number of benzene rings is 2. The molecule has 0 aromatic heterocycles. The van der Waals surface area contributed by atoms with Gasteiger partial charge in [-0.25, -0.2) is 0 Å². The fourth-order valence-electron chi connectivity index (χ4n) is 3.32. The summed E-state index contributed by atoms with van der Waals surface area (Å²) in [4.78, 5) is 0. The van der Waals surface area contributed by atoms with Crippen LogP contribution in [0.25, 0.3) is 0 Å². The van der Waals surface area contributed by atoms with Crippen LogP contribution in [0.4, 0.5) is 0 Å². The lowest BCUT2D eigenvalue weighted by Gasteiger charge is -2.31. The molecule has 0 bridgehead atoms. The van der Waals surface area contributed by atoms with Crippen LogP contribution in [0.2, 0.25) is 10.0 Å². The highest BCUT2D eigenvalue weighted by Gasteiger charge is 2.32. The van der Waals surface area contributed by atoms with Gasteiger partial charge < -0.3 is 5.73 Å². The summed E-state index contributed by atoms with van der Waals surface area (Å²) in [6.07, 6.45) is 5.15. The molecule has 1 unspecified atom stereocenters. The highest BCUT2D eigenvalue weighted by atomic mass is 35.5. The van der Waals surface area contributed by atoms with E-state index in [9.17, 15) is 0 Å². The first-order valence-electron chi connectivity index (χ1n) is 7.40. The van der Waals surface area contributed by atoms with Crippen molar-refractivity contribution in [3.8, 4) is 0 Å². The normalized spacial score (nSPS) is 21.7. The Morgan fingerprint density at radius 1 is 1.00 bits per heavy atom. The molecule has 0 radical (unpaired) electrons. The number of hydrogen-bond donors (Lipinski definition) is 1. The summed E-state index contributed by atoms with van der Waals surface area (Å²) in [5.74, 6) is 0. The lowest BCUT2D eigenvalue weighted by molar-refractivity contribution is 0.399. The minimum Gasteiger partial charge on any atom is -0.321 e. The van der Waals surface area contributed by atoms with Crippen LogP contribution in [-0.2, 0) is 18.4 Å². The Kier molecular flexibility index (Phi) is 4.26. The molecule has 3 heteroatoms. The van der Waals surface area contributed by atoms with Crippen molar-refractivity contribution in [3.63, 3.8) is 0 Å². The predicted octanol–water partition coefficient (Wildman–Crippen LogP) is 5.12. The summed E-state index contributed by atoms with van der Waals surface area (Å²) in [6, 6.07) is 14.3. The quantitative estimate of drug-likeness (QED) is 0.764. The number of halogens is 2. The second-order valence-electron chi connectivity index (χ2n) is 5.91. The average Bonchev–Trinajstić information content (AvgIpc) is 2.64. The molecule has 0 heterocycles. The molecule has 2 aromatic carbocycles. The largest absolute Gasteiger partial charge is 0.321 e. The summed E-state index contributed by atoms with van der Waals surface area (Å²) in [5.41, 5.74) is 10.1. The van der Waals surface area contributed by atoms with E-state index < -0.39 is 0 Å². The lowest BCUT2D eigenvalue weighted by atomic mass is 9.80. The van der Waals surface area contributed by atoms with E-state index in [-0.39, 0.29) is 5.54 Å². The average molecular weight is 320 g/mol. The van der Waals surface area contributed by atoms with Gasteiger partial charge in [-0.15, -0.1) is 0 Å². The van der Waals surface area contributed by atoms with Crippen molar-refractivity contribution in [2.75, 3.05) is 0 Å². The molecule has 0 saturated carbocycles. The molecular weight excluding hydrogens is 301 g/mol. The molecule has 3 rings (SSSR count). The minimum absolute atomic E-state index is 0.360. The van der Waals surface area contributed by atoms with Crippen LogP contribution in [0.15, 0.2) is 42.5 Å². The van der Waals surface area contributed by atoms with Crippen LogP contribution in [0.5, 0.6) is 0 Å². The van der Waals surface area contributed by atoms with Crippen molar-refractivity contribution in [2.24, 2.45) is 5.73 Å². The van der Waals surface area contributed by atoms with E-state index in [1.54, 1.807) is 0 Å². The Labute approximate surface area is 136 Å². The molecule has 1 aliphatic carbocycles. The van der Waals surface area contributed by atoms with Crippen molar-refractivity contribution in [1.29, 1.82) is 0 Å². The SMILES string of the molecule is NC1(Cc2cccc(Cl)c2Cl)CCCCc2ccccc21. The molecule has 0 spiro atoms. The van der Waals surface area contributed by atoms with E-state index in [0.717, 1.165) is 31.2 Å². The van der Waals surface area contributed by atoms with Crippen molar-refractivity contribution in [1.82, 2.24) is 0 Å². The van der Waals surface area contributed by atoms with Crippen LogP contribution < -0.4 is 5.73 Å². The molecule has 0 aliphatic heterocycles. The molecule has 0 amide bonds. The standard InChI is InChI=1S/C18H19Cl2N/c19-16-10-5-8-14(17(16)20)12-18(21)11-4-3-7-13-6-1-2-9-15(13)18/h1-2,5-6,8-10H,3-4,7,11-12,21H2. The summed E-state index contributed by atoms with van der Waals surface area (Å²) in [6.45, 7) is 0. The van der Waals surface area contributed by atoms with Crippen molar-refractivity contribution >= 4 is 23.2 Å². The maximum atomic E-state index is 6.82. The number of nitrogens with two attached hydrogens (primary N) is 1. The van der Waals surface area contributed by atoms with Crippen molar-refractivity contribution in [2.45, 2.75) is 37.6 Å². The van der Waals surface area contributed by atoms with Gasteiger partial charge in [0, 0.05) is 5.54 Å². The van der Waals surface area contributed by atoms with Crippen LogP contribution >= 0.6 is 23.2 Å². The summed E-state index contributed by atoms with van der Waals surface area (Å²) in [7, 11) is 0. The zero-order chi connectivity index (χ0) is 14.9. The molecule has 110 valence electrons. The number of aryl methyl sites for hydroxylation is 1. The van der Waals surface area contributed by atoms with Gasteiger partial charge in [0.2, 0.25) is 0 Å². The Morgan fingerprint density at radius 3 is 2.67 bits per heavy atom. The highest BCUT2D eigenvalue weighted by molar-refractivity contribution is 6.42. The summed E-state index contributed by atoms with van der Waals surface area (Å²) >= 11 is 12.5. The third kappa shape index (κ3) is 2.96. The third-order valence-corrected chi connectivity index (χ3v) is 5.27. The molecule has 0 saturated heterocycles. The minimum atomic E-state index is -0.360. The first-order chi connectivity index (χ1) is 10.1. The second kappa shape index (κ2) is 6.00. The van der Waals surface area contributed by atoms with Gasteiger partial charge in [-0.3, -0.25) is 0 Å². The Morgan fingerprint density at radius 2 is 1.81 bits per heavy atom. The van der Waals surface area contributed by atoms with Gasteiger partial charge in [0.15, 0.2) is 0 Å². The highest BCUT2D eigenvalue weighted by Crippen LogP contribution is 2.37. The first kappa shape index (κ1) is 14.9. The topological polar surface area (TPSA) is 26.0 Å². The lowest BCUT2D eigenvalue weighted by Crippen LogP contribution is -2.39. The van der Waals surface area contributed by atoms with E-state index in [4.69, 9.17) is 28.9 Å². The zero-order valence-corrected chi connectivity index (χ0v) is 13.4. The Bertz CT molecular complexity index is 653. The van der Waals surface area contributed by atoms with E-state index in [2.05, 4.69) is 24.3 Å². The molecular formula is C18H19Cl2N. The van der Waals surface area contributed by atoms with Crippen LogP contribution in [-0.4, -0.2) is 0 Å². The van der Waals surface area contributed by atoms with E-state index in [1.165, 1.54) is 17.5 Å². The molecule has 0 fully saturated rings. The van der Waals surface area contributed by atoms with Gasteiger partial charge in [-0.2, -0.15) is 0 Å². The smallest absolute Gasteiger partial charge is 0.0625 e. The van der Waals surface area contributed by atoms with Gasteiger partial charge in [-0.1, -0.05) is 66.0 Å². The van der Waals surface area contributed by atoms with E-state index >= 15 is 0 Å². The number of rotatable bonds is 2. The van der Waals surface area contributed by atoms with Gasteiger partial charge in [0.25, 0.3) is 0 Å². The molecule has 1 aliphatic rings. The van der Waals surface area contributed by atoms with Gasteiger partial charge in [0.1, 0.15) is 0 Å². The van der Waals surface area contributed by atoms with Gasteiger partial charge in [-0.05, 0) is 48.4 Å². The summed E-state index contributed by atoms with van der Waals surface area (Å²) < 4.78 is 0. The molecule has 21 heavy (non-hydrogen) atoms. The third-order valence-electron chi connectivity index (χ3n) is 4.41. The fourth-order valence-corrected chi connectivity index (χ4v) is 3.71. The van der Waals surface area contributed by atoms with Crippen molar-refractivity contribution in [3.05, 3.63) is 69.2 Å². The second-order valence-corrected chi connectivity index (χ2v) is 6.70. The molecule has 2 aromatic rings. The maximum Gasteiger partial charge on any atom is 0.0625 e. The molecule has 1 nitrogen and oxygen atoms in total. The molecule has 2 N–H and O–H groups in total. The first-order valence-corrected chi connectivity index (χ1v) is 8.16. The fraction of sp³-hybridized carbons (Fsp3) is 0.333. The van der Waals surface area contributed by atoms with E-state index in [0.29, 0.717) is 10.0 Å². The maximum absolute atomic E-state index is 6.82. The monoisotopic (exact) mass is 319 g/mol. The van der Waals surface area contributed by atoms with E-state index in [1.807, 2.05) is 18.2 Å². The van der Waals surface area contributed by atoms with Gasteiger partial charge >= 0.3 is 0 Å². The Hall–Kier alpha value is -1.02. The Balaban J connectivity index is 2.02. The number of fused-ring (bicyclic) bond motifs is 1. The predicted molar refractivity (Wildman–Crippen MR) is 90.0 cm³/mol. The molecule has 1 atom stereocenters. The van der Waals surface area contributed by atoms with Crippen LogP contribution in [0.3, 0.4) is 0 Å². The van der Waals surface area contributed by atoms with Gasteiger partial charge in [0.05, 0.1) is 10.0 Å². The van der Waals surface area contributed by atoms with Crippen molar-refractivity contribution < 1.29 is 0 Å². The number of hydrogen-bond acceptors (Lipinski definition) is 1. The zero-order valence-electron chi connectivity index (χ0n) is 11.9. The van der Waals surface area contributed by atoms with Crippen LogP contribution in [0, 0.1) is 0 Å².